The van der Waals surface area contributed by atoms with Gasteiger partial charge in [-0.2, -0.15) is 5.26 Å². The summed E-state index contributed by atoms with van der Waals surface area (Å²) in [5, 5.41) is 12.0. The van der Waals surface area contributed by atoms with E-state index in [4.69, 9.17) is 0 Å². The first-order chi connectivity index (χ1) is 8.62. The summed E-state index contributed by atoms with van der Waals surface area (Å²) in [7, 11) is 0. The molecule has 1 aromatic rings. The van der Waals surface area contributed by atoms with Crippen molar-refractivity contribution in [1.29, 1.82) is 5.26 Å². The Morgan fingerprint density at radius 3 is 2.56 bits per heavy atom. The van der Waals surface area contributed by atoms with Crippen molar-refractivity contribution in [3.8, 4) is 6.07 Å². The van der Waals surface area contributed by atoms with Gasteiger partial charge in [0.25, 0.3) is 0 Å². The standard InChI is InChI=1S/C15H20N2O/c1-4-12(5-2)15(18)17-14(10-16)13-8-6-7-11(3)9-13/h6-9,12,14H,4-5H2,1-3H3,(H,17,18). The first kappa shape index (κ1) is 14.2. The lowest BCUT2D eigenvalue weighted by molar-refractivity contribution is -0.125. The molecule has 0 radical (unpaired) electrons. The molecule has 18 heavy (non-hydrogen) atoms. The second-order valence-corrected chi connectivity index (χ2v) is 4.50. The number of hydrogen-bond donors (Lipinski definition) is 1. The van der Waals surface area contributed by atoms with Gasteiger partial charge in [-0.15, -0.1) is 0 Å². The van der Waals surface area contributed by atoms with Gasteiger partial charge in [0, 0.05) is 5.92 Å². The van der Waals surface area contributed by atoms with Gasteiger partial charge in [-0.1, -0.05) is 43.7 Å². The van der Waals surface area contributed by atoms with Crippen LogP contribution in [0.4, 0.5) is 0 Å². The van der Waals surface area contributed by atoms with Crippen LogP contribution in [0.2, 0.25) is 0 Å². The molecule has 1 unspecified atom stereocenters. The first-order valence-electron chi connectivity index (χ1n) is 6.38. The lowest BCUT2D eigenvalue weighted by atomic mass is 10.0. The van der Waals surface area contributed by atoms with Crippen molar-refractivity contribution in [2.75, 3.05) is 0 Å². The molecule has 0 bridgehead atoms. The van der Waals surface area contributed by atoms with Gasteiger partial charge >= 0.3 is 0 Å². The van der Waals surface area contributed by atoms with Gasteiger partial charge in [0.1, 0.15) is 6.04 Å². The highest BCUT2D eigenvalue weighted by Crippen LogP contribution is 2.16. The van der Waals surface area contributed by atoms with E-state index in [0.717, 1.165) is 24.0 Å². The molecule has 0 heterocycles. The molecule has 1 aromatic carbocycles. The molecule has 1 rings (SSSR count). The number of carbonyl (C=O) groups is 1. The largest absolute Gasteiger partial charge is 0.336 e. The molecule has 0 aliphatic rings. The predicted octanol–water partition coefficient (Wildman–Crippen LogP) is 3.11. The molecule has 1 amide bonds. The normalized spacial score (nSPS) is 11.9. The molecular formula is C15H20N2O. The van der Waals surface area contributed by atoms with Crippen molar-refractivity contribution >= 4 is 5.91 Å². The van der Waals surface area contributed by atoms with Gasteiger partial charge in [-0.05, 0) is 25.3 Å². The third kappa shape index (κ3) is 3.59. The van der Waals surface area contributed by atoms with Crippen molar-refractivity contribution in [1.82, 2.24) is 5.32 Å². The van der Waals surface area contributed by atoms with Gasteiger partial charge in [0.15, 0.2) is 0 Å². The van der Waals surface area contributed by atoms with Crippen LogP contribution in [0.15, 0.2) is 24.3 Å². The molecule has 1 N–H and O–H groups in total. The summed E-state index contributed by atoms with van der Waals surface area (Å²) in [5.74, 6) is -0.0429. The van der Waals surface area contributed by atoms with Crippen LogP contribution in [0.25, 0.3) is 0 Å². The second-order valence-electron chi connectivity index (χ2n) is 4.50. The van der Waals surface area contributed by atoms with E-state index in [2.05, 4.69) is 11.4 Å². The molecule has 0 aliphatic heterocycles. The minimum Gasteiger partial charge on any atom is -0.336 e. The Morgan fingerprint density at radius 2 is 2.06 bits per heavy atom. The number of hydrogen-bond acceptors (Lipinski definition) is 2. The Morgan fingerprint density at radius 1 is 1.39 bits per heavy atom. The van der Waals surface area contributed by atoms with Crippen LogP contribution < -0.4 is 5.32 Å². The second kappa shape index (κ2) is 6.80. The maximum atomic E-state index is 12.0. The predicted molar refractivity (Wildman–Crippen MR) is 71.7 cm³/mol. The molecule has 3 heteroatoms. The van der Waals surface area contributed by atoms with Crippen LogP contribution in [0.5, 0.6) is 0 Å². The minimum atomic E-state index is -0.557. The Balaban J connectivity index is 2.80. The van der Waals surface area contributed by atoms with Crippen LogP contribution in [0.3, 0.4) is 0 Å². The number of benzene rings is 1. The van der Waals surface area contributed by atoms with Crippen LogP contribution in [-0.2, 0) is 4.79 Å². The lowest BCUT2D eigenvalue weighted by Gasteiger charge is -2.17. The smallest absolute Gasteiger partial charge is 0.224 e. The third-order valence-corrected chi connectivity index (χ3v) is 3.15. The molecule has 0 aromatic heterocycles. The van der Waals surface area contributed by atoms with Crippen LogP contribution in [0, 0.1) is 24.2 Å². The van der Waals surface area contributed by atoms with Crippen LogP contribution >= 0.6 is 0 Å². The zero-order valence-corrected chi connectivity index (χ0v) is 11.2. The fourth-order valence-electron chi connectivity index (χ4n) is 1.96. The summed E-state index contributed by atoms with van der Waals surface area (Å²) in [4.78, 5) is 12.0. The summed E-state index contributed by atoms with van der Waals surface area (Å²) in [6, 6.07) is 9.26. The van der Waals surface area contributed by atoms with Crippen LogP contribution in [0.1, 0.15) is 43.9 Å². The number of nitriles is 1. The highest BCUT2D eigenvalue weighted by Gasteiger charge is 2.19. The summed E-state index contributed by atoms with van der Waals surface area (Å²) < 4.78 is 0. The summed E-state index contributed by atoms with van der Waals surface area (Å²) in [6.45, 7) is 5.95. The van der Waals surface area contributed by atoms with Crippen molar-refractivity contribution in [2.24, 2.45) is 5.92 Å². The van der Waals surface area contributed by atoms with Crippen molar-refractivity contribution < 1.29 is 4.79 Å². The highest BCUT2D eigenvalue weighted by molar-refractivity contribution is 5.79. The zero-order chi connectivity index (χ0) is 13.5. The van der Waals surface area contributed by atoms with E-state index >= 15 is 0 Å². The van der Waals surface area contributed by atoms with E-state index in [9.17, 15) is 10.1 Å². The molecule has 0 saturated heterocycles. The highest BCUT2D eigenvalue weighted by atomic mass is 16.1. The fraction of sp³-hybridized carbons (Fsp3) is 0.467. The average molecular weight is 244 g/mol. The third-order valence-electron chi connectivity index (χ3n) is 3.15. The number of nitrogens with one attached hydrogen (secondary N) is 1. The molecule has 1 atom stereocenters. The monoisotopic (exact) mass is 244 g/mol. The van der Waals surface area contributed by atoms with Gasteiger partial charge in [0.05, 0.1) is 6.07 Å². The molecule has 0 fully saturated rings. The van der Waals surface area contributed by atoms with E-state index in [1.54, 1.807) is 0 Å². The average Bonchev–Trinajstić information content (AvgIpc) is 2.37. The summed E-state index contributed by atoms with van der Waals surface area (Å²) in [6.07, 6.45) is 1.60. The number of rotatable bonds is 5. The van der Waals surface area contributed by atoms with E-state index in [1.807, 2.05) is 45.0 Å². The number of carbonyl (C=O) groups excluding carboxylic acids is 1. The maximum absolute atomic E-state index is 12.0. The molecule has 0 spiro atoms. The minimum absolute atomic E-state index is 0.00865. The van der Waals surface area contributed by atoms with Gasteiger partial charge in [0.2, 0.25) is 5.91 Å². The molecular weight excluding hydrogens is 224 g/mol. The first-order valence-corrected chi connectivity index (χ1v) is 6.38. The number of amides is 1. The Labute approximate surface area is 109 Å². The summed E-state index contributed by atoms with van der Waals surface area (Å²) >= 11 is 0. The van der Waals surface area contributed by atoms with E-state index < -0.39 is 6.04 Å². The van der Waals surface area contributed by atoms with Gasteiger partial charge < -0.3 is 5.32 Å². The molecule has 96 valence electrons. The van der Waals surface area contributed by atoms with E-state index in [-0.39, 0.29) is 11.8 Å². The Hall–Kier alpha value is -1.82. The van der Waals surface area contributed by atoms with Crippen molar-refractivity contribution in [3.63, 3.8) is 0 Å². The quantitative estimate of drug-likeness (QED) is 0.865. The molecule has 0 saturated carbocycles. The maximum Gasteiger partial charge on any atom is 0.224 e. The zero-order valence-electron chi connectivity index (χ0n) is 11.2. The molecule has 3 nitrogen and oxygen atoms in total. The van der Waals surface area contributed by atoms with Gasteiger partial charge in [-0.25, -0.2) is 0 Å². The van der Waals surface area contributed by atoms with E-state index in [0.29, 0.717) is 0 Å². The topological polar surface area (TPSA) is 52.9 Å². The number of aryl methyl sites for hydroxylation is 1. The summed E-state index contributed by atoms with van der Waals surface area (Å²) in [5.41, 5.74) is 1.93. The fourth-order valence-corrected chi connectivity index (χ4v) is 1.96. The van der Waals surface area contributed by atoms with Crippen molar-refractivity contribution in [2.45, 2.75) is 39.7 Å². The Kier molecular flexibility index (Phi) is 5.38. The van der Waals surface area contributed by atoms with Crippen molar-refractivity contribution in [3.05, 3.63) is 35.4 Å². The SMILES string of the molecule is CCC(CC)C(=O)NC(C#N)c1cccc(C)c1. The van der Waals surface area contributed by atoms with E-state index in [1.165, 1.54) is 0 Å². The lowest BCUT2D eigenvalue weighted by Crippen LogP contribution is -2.33. The Bertz CT molecular complexity index is 444. The number of nitrogens with zero attached hydrogens (tertiary/aromatic N) is 1. The molecule has 0 aliphatic carbocycles. The van der Waals surface area contributed by atoms with Crippen LogP contribution in [-0.4, -0.2) is 5.91 Å². The van der Waals surface area contributed by atoms with Gasteiger partial charge in [-0.3, -0.25) is 4.79 Å².